The van der Waals surface area contributed by atoms with Gasteiger partial charge in [0, 0.05) is 38.8 Å². The number of rotatable bonds is 5. The molecule has 1 aliphatic rings. The highest BCUT2D eigenvalue weighted by Crippen LogP contribution is 2.15. The third-order valence-corrected chi connectivity index (χ3v) is 3.53. The lowest BCUT2D eigenvalue weighted by molar-refractivity contribution is -0.138. The molecule has 21 heavy (non-hydrogen) atoms. The van der Waals surface area contributed by atoms with Crippen molar-refractivity contribution in [3.8, 4) is 0 Å². The maximum absolute atomic E-state index is 10.9. The number of carbonyl (C=O) groups is 1. The van der Waals surface area contributed by atoms with E-state index in [0.717, 1.165) is 24.5 Å². The molecular formula is C15H23N3O3. The van der Waals surface area contributed by atoms with Crippen molar-refractivity contribution in [2.75, 3.05) is 51.8 Å². The van der Waals surface area contributed by atoms with Gasteiger partial charge in [0.2, 0.25) is 0 Å². The predicted molar refractivity (Wildman–Crippen MR) is 80.7 cm³/mol. The standard InChI is InChI=1S/C15H23N3O3/c1-17(2)14-5-3-4-13(16-14)8-12-9-18(10-15(19)20)6-7-21-11-12/h3-5,12H,6-11H2,1-2H3,(H,19,20)/t12-/m0/s1. The Balaban J connectivity index is 2.00. The molecule has 0 aliphatic carbocycles. The van der Waals surface area contributed by atoms with Gasteiger partial charge in [-0.15, -0.1) is 0 Å². The Morgan fingerprint density at radius 1 is 1.52 bits per heavy atom. The summed E-state index contributed by atoms with van der Waals surface area (Å²) in [6.07, 6.45) is 0.803. The van der Waals surface area contributed by atoms with Crippen molar-refractivity contribution in [1.29, 1.82) is 0 Å². The summed E-state index contributed by atoms with van der Waals surface area (Å²) in [6.45, 7) is 2.73. The van der Waals surface area contributed by atoms with E-state index < -0.39 is 5.97 Å². The molecule has 1 fully saturated rings. The average Bonchev–Trinajstić information content (AvgIpc) is 2.63. The van der Waals surface area contributed by atoms with Gasteiger partial charge in [0.25, 0.3) is 0 Å². The number of carboxylic acid groups (broad SMARTS) is 1. The molecule has 0 radical (unpaired) electrons. The Morgan fingerprint density at radius 3 is 3.05 bits per heavy atom. The summed E-state index contributed by atoms with van der Waals surface area (Å²) in [5, 5.41) is 8.93. The van der Waals surface area contributed by atoms with Crippen molar-refractivity contribution in [3.05, 3.63) is 23.9 Å². The number of ether oxygens (including phenoxy) is 1. The summed E-state index contributed by atoms with van der Waals surface area (Å²) >= 11 is 0. The molecule has 0 bridgehead atoms. The van der Waals surface area contributed by atoms with E-state index in [4.69, 9.17) is 9.84 Å². The van der Waals surface area contributed by atoms with Crippen molar-refractivity contribution in [1.82, 2.24) is 9.88 Å². The van der Waals surface area contributed by atoms with E-state index in [0.29, 0.717) is 19.8 Å². The van der Waals surface area contributed by atoms with Crippen LogP contribution in [0, 0.1) is 5.92 Å². The minimum absolute atomic E-state index is 0.0744. The van der Waals surface area contributed by atoms with Crippen LogP contribution in [0.5, 0.6) is 0 Å². The summed E-state index contributed by atoms with van der Waals surface area (Å²) in [6, 6.07) is 5.99. The molecule has 6 heteroatoms. The Bertz CT molecular complexity index is 479. The van der Waals surface area contributed by atoms with Gasteiger partial charge >= 0.3 is 5.97 Å². The fourth-order valence-corrected chi connectivity index (χ4v) is 2.54. The van der Waals surface area contributed by atoms with Gasteiger partial charge in [0.05, 0.1) is 19.8 Å². The van der Waals surface area contributed by atoms with Gasteiger partial charge in [-0.25, -0.2) is 4.98 Å². The summed E-state index contributed by atoms with van der Waals surface area (Å²) in [5.74, 6) is 0.421. The van der Waals surface area contributed by atoms with E-state index in [-0.39, 0.29) is 12.5 Å². The smallest absolute Gasteiger partial charge is 0.317 e. The fraction of sp³-hybridized carbons (Fsp3) is 0.600. The zero-order chi connectivity index (χ0) is 15.2. The second kappa shape index (κ2) is 7.38. The Labute approximate surface area is 125 Å². The third kappa shape index (κ3) is 4.99. The van der Waals surface area contributed by atoms with E-state index in [1.54, 1.807) is 0 Å². The Kier molecular flexibility index (Phi) is 5.52. The van der Waals surface area contributed by atoms with Crippen LogP contribution in [0.15, 0.2) is 18.2 Å². The van der Waals surface area contributed by atoms with Gasteiger partial charge in [0.15, 0.2) is 0 Å². The van der Waals surface area contributed by atoms with E-state index in [1.807, 2.05) is 42.1 Å². The van der Waals surface area contributed by atoms with E-state index in [1.165, 1.54) is 0 Å². The minimum Gasteiger partial charge on any atom is -0.480 e. The number of pyridine rings is 1. The first-order chi connectivity index (χ1) is 10.0. The number of aromatic nitrogens is 1. The highest BCUT2D eigenvalue weighted by molar-refractivity contribution is 5.69. The number of anilines is 1. The molecule has 1 saturated heterocycles. The van der Waals surface area contributed by atoms with E-state index >= 15 is 0 Å². The van der Waals surface area contributed by atoms with Crippen molar-refractivity contribution < 1.29 is 14.6 Å². The van der Waals surface area contributed by atoms with Crippen molar-refractivity contribution in [2.45, 2.75) is 6.42 Å². The lowest BCUT2D eigenvalue weighted by Crippen LogP contribution is -2.35. The van der Waals surface area contributed by atoms with Crippen LogP contribution in [0.1, 0.15) is 5.69 Å². The maximum atomic E-state index is 10.9. The van der Waals surface area contributed by atoms with Crippen molar-refractivity contribution >= 4 is 11.8 Å². The van der Waals surface area contributed by atoms with Gasteiger partial charge in [-0.3, -0.25) is 9.69 Å². The van der Waals surface area contributed by atoms with Crippen molar-refractivity contribution in [2.24, 2.45) is 5.92 Å². The predicted octanol–water partition coefficient (Wildman–Crippen LogP) is 0.723. The highest BCUT2D eigenvalue weighted by Gasteiger charge is 2.21. The summed E-state index contributed by atoms with van der Waals surface area (Å²) in [4.78, 5) is 19.4. The molecule has 0 spiro atoms. The molecule has 1 aromatic rings. The normalized spacial score (nSPS) is 20.0. The third-order valence-electron chi connectivity index (χ3n) is 3.53. The van der Waals surface area contributed by atoms with Crippen LogP contribution in [0.4, 0.5) is 5.82 Å². The molecule has 2 heterocycles. The summed E-state index contributed by atoms with van der Waals surface area (Å²) in [7, 11) is 3.94. The van der Waals surface area contributed by atoms with Gasteiger partial charge in [-0.05, 0) is 18.6 Å². The lowest BCUT2D eigenvalue weighted by atomic mass is 10.0. The monoisotopic (exact) mass is 293 g/mol. The highest BCUT2D eigenvalue weighted by atomic mass is 16.5. The molecule has 0 unspecified atom stereocenters. The van der Waals surface area contributed by atoms with Crippen LogP contribution in [-0.4, -0.2) is 67.9 Å². The van der Waals surface area contributed by atoms with E-state index in [9.17, 15) is 4.79 Å². The first-order valence-corrected chi connectivity index (χ1v) is 7.19. The van der Waals surface area contributed by atoms with Gasteiger partial charge in [-0.2, -0.15) is 0 Å². The van der Waals surface area contributed by atoms with Crippen LogP contribution in [-0.2, 0) is 16.0 Å². The molecule has 1 N–H and O–H groups in total. The topological polar surface area (TPSA) is 65.9 Å². The Morgan fingerprint density at radius 2 is 2.33 bits per heavy atom. The van der Waals surface area contributed by atoms with Crippen LogP contribution in [0.25, 0.3) is 0 Å². The number of nitrogens with zero attached hydrogens (tertiary/aromatic N) is 3. The SMILES string of the molecule is CN(C)c1cccc(C[C@@H]2COCCN(CC(=O)O)C2)n1. The number of aliphatic carboxylic acids is 1. The maximum Gasteiger partial charge on any atom is 0.317 e. The fourth-order valence-electron chi connectivity index (χ4n) is 2.54. The van der Waals surface area contributed by atoms with Crippen LogP contribution in [0.2, 0.25) is 0 Å². The number of carboxylic acids is 1. The van der Waals surface area contributed by atoms with Crippen molar-refractivity contribution in [3.63, 3.8) is 0 Å². The minimum atomic E-state index is -0.789. The molecular weight excluding hydrogens is 270 g/mol. The zero-order valence-electron chi connectivity index (χ0n) is 12.7. The second-order valence-electron chi connectivity index (χ2n) is 5.66. The molecule has 0 saturated carbocycles. The molecule has 6 nitrogen and oxygen atoms in total. The molecule has 1 aromatic heterocycles. The summed E-state index contributed by atoms with van der Waals surface area (Å²) in [5.41, 5.74) is 1.02. The number of hydrogen-bond acceptors (Lipinski definition) is 5. The van der Waals surface area contributed by atoms with Gasteiger partial charge in [-0.1, -0.05) is 6.07 Å². The van der Waals surface area contributed by atoms with Crippen LogP contribution < -0.4 is 4.90 Å². The first-order valence-electron chi connectivity index (χ1n) is 7.19. The molecule has 2 rings (SSSR count). The lowest BCUT2D eigenvalue weighted by Gasteiger charge is -2.21. The zero-order valence-corrected chi connectivity index (χ0v) is 12.7. The van der Waals surface area contributed by atoms with Gasteiger partial charge in [0.1, 0.15) is 5.82 Å². The molecule has 116 valence electrons. The molecule has 1 aliphatic heterocycles. The van der Waals surface area contributed by atoms with E-state index in [2.05, 4.69) is 4.98 Å². The Hall–Kier alpha value is -1.66. The molecule has 1 atom stereocenters. The largest absolute Gasteiger partial charge is 0.480 e. The average molecular weight is 293 g/mol. The quantitative estimate of drug-likeness (QED) is 0.863. The molecule has 0 amide bonds. The first kappa shape index (κ1) is 15.7. The van der Waals surface area contributed by atoms with Gasteiger partial charge < -0.3 is 14.7 Å². The number of hydrogen-bond donors (Lipinski definition) is 1. The van der Waals surface area contributed by atoms with Crippen LogP contribution in [0.3, 0.4) is 0 Å². The molecule has 0 aromatic carbocycles. The summed E-state index contributed by atoms with van der Waals surface area (Å²) < 4.78 is 5.60. The second-order valence-corrected chi connectivity index (χ2v) is 5.66. The van der Waals surface area contributed by atoms with Crippen LogP contribution >= 0.6 is 0 Å².